The molecule has 0 spiro atoms. The zero-order valence-corrected chi connectivity index (χ0v) is 9.04. The average molecular weight is 223 g/mol. The van der Waals surface area contributed by atoms with Crippen LogP contribution in [-0.2, 0) is 4.79 Å². The second-order valence-corrected chi connectivity index (χ2v) is 4.19. The maximum absolute atomic E-state index is 11.1. The smallest absolute Gasteiger partial charge is 0.184 e. The van der Waals surface area contributed by atoms with Crippen LogP contribution in [0.4, 0.5) is 0 Å². The van der Waals surface area contributed by atoms with Crippen molar-refractivity contribution in [1.82, 2.24) is 4.90 Å². The van der Waals surface area contributed by atoms with Gasteiger partial charge in [0, 0.05) is 11.6 Å². The van der Waals surface area contributed by atoms with Crippen molar-refractivity contribution in [2.45, 2.75) is 25.7 Å². The van der Waals surface area contributed by atoms with Gasteiger partial charge in [-0.05, 0) is 12.5 Å². The summed E-state index contributed by atoms with van der Waals surface area (Å²) in [6.45, 7) is 4.67. The Morgan fingerprint density at radius 3 is 2.81 bits per heavy atom. The normalized spacial score (nSPS) is 37.9. The van der Waals surface area contributed by atoms with Gasteiger partial charge in [0.2, 0.25) is 0 Å². The average Bonchev–Trinajstić information content (AvgIpc) is 2.43. The van der Waals surface area contributed by atoms with Gasteiger partial charge in [0.15, 0.2) is 5.72 Å². The highest BCUT2D eigenvalue weighted by molar-refractivity contribution is 5.77. The number of hydrogen-bond donors (Lipinski definition) is 2. The molecule has 2 aliphatic rings. The number of aliphatic hydroxyl groups is 2. The van der Waals surface area contributed by atoms with Gasteiger partial charge in [-0.15, -0.1) is 0 Å². The lowest BCUT2D eigenvalue weighted by atomic mass is 9.95. The summed E-state index contributed by atoms with van der Waals surface area (Å²) in [6, 6.07) is 0. The van der Waals surface area contributed by atoms with Crippen molar-refractivity contribution in [1.29, 1.82) is 0 Å². The number of rotatable bonds is 1. The molecule has 2 N–H and O–H groups in total. The Kier molecular flexibility index (Phi) is 2.32. The molecule has 16 heavy (non-hydrogen) atoms. The Hall–Kier alpha value is -1.33. The van der Waals surface area contributed by atoms with Gasteiger partial charge in [-0.3, -0.25) is 0 Å². The zero-order chi connectivity index (χ0) is 12.1. The van der Waals surface area contributed by atoms with Crippen LogP contribution in [0.25, 0.3) is 0 Å². The van der Waals surface area contributed by atoms with E-state index >= 15 is 0 Å². The topological polar surface area (TPSA) is 83.8 Å². The molecular weight excluding hydrogens is 210 g/mol. The van der Waals surface area contributed by atoms with Gasteiger partial charge in [0.25, 0.3) is 0 Å². The quantitative estimate of drug-likeness (QED) is 0.580. The minimum Gasteiger partial charge on any atom is -0.545 e. The molecule has 1 unspecified atom stereocenters. The lowest BCUT2D eigenvalue weighted by Gasteiger charge is -2.38. The van der Waals surface area contributed by atoms with Gasteiger partial charge >= 0.3 is 0 Å². The summed E-state index contributed by atoms with van der Waals surface area (Å²) in [5.74, 6) is -2.45. The molecule has 0 bridgehead atoms. The van der Waals surface area contributed by atoms with Crippen LogP contribution in [0.15, 0.2) is 23.4 Å². The first-order chi connectivity index (χ1) is 7.40. The fourth-order valence-corrected chi connectivity index (χ4v) is 2.26. The lowest BCUT2D eigenvalue weighted by Crippen LogP contribution is -2.59. The van der Waals surface area contributed by atoms with Crippen molar-refractivity contribution >= 4 is 5.97 Å². The molecule has 2 aliphatic heterocycles. The summed E-state index contributed by atoms with van der Waals surface area (Å²) in [7, 11) is 0. The number of carboxylic acid groups (broad SMARTS) is 1. The van der Waals surface area contributed by atoms with Crippen molar-refractivity contribution in [3.63, 3.8) is 0 Å². The predicted molar refractivity (Wildman–Crippen MR) is 53.1 cm³/mol. The number of fused-ring (bicyclic) bond motifs is 1. The van der Waals surface area contributed by atoms with E-state index in [1.165, 1.54) is 18.4 Å². The van der Waals surface area contributed by atoms with Crippen molar-refractivity contribution < 1.29 is 20.1 Å². The summed E-state index contributed by atoms with van der Waals surface area (Å²) < 4.78 is 0. The Morgan fingerprint density at radius 1 is 1.62 bits per heavy atom. The summed E-state index contributed by atoms with van der Waals surface area (Å²) in [4.78, 5) is 12.2. The van der Waals surface area contributed by atoms with E-state index < -0.39 is 23.7 Å². The molecule has 2 rings (SSSR count). The van der Waals surface area contributed by atoms with E-state index in [0.717, 1.165) is 5.57 Å². The molecule has 1 radical (unpaired) electrons. The number of carbonyl (C=O) groups excluding carboxylic acids is 1. The molecule has 5 heteroatoms. The van der Waals surface area contributed by atoms with E-state index in [0.29, 0.717) is 5.70 Å². The van der Waals surface area contributed by atoms with Crippen molar-refractivity contribution in [3.8, 4) is 0 Å². The highest BCUT2D eigenvalue weighted by atomic mass is 16.4. The van der Waals surface area contributed by atoms with Crippen molar-refractivity contribution in [2.24, 2.45) is 5.92 Å². The van der Waals surface area contributed by atoms with Crippen LogP contribution in [0.3, 0.4) is 0 Å². The van der Waals surface area contributed by atoms with Crippen LogP contribution >= 0.6 is 0 Å². The molecule has 5 nitrogen and oxygen atoms in total. The fraction of sp³-hybridized carbons (Fsp3) is 0.455. The van der Waals surface area contributed by atoms with Crippen LogP contribution in [0, 0.1) is 12.5 Å². The molecular formula is C11H13NO4-. The maximum atomic E-state index is 11.1. The number of aliphatic hydroxyl groups excluding tert-OH is 1. The Bertz CT molecular complexity index is 401. The SMILES string of the molecule is CC1=C2[C@H](O)[C@H](C)C(O)(C(=O)[O-])N2[CH]C=C1. The van der Waals surface area contributed by atoms with E-state index in [1.54, 1.807) is 19.1 Å². The maximum Gasteiger partial charge on any atom is 0.184 e. The van der Waals surface area contributed by atoms with E-state index in [1.807, 2.05) is 0 Å². The minimum absolute atomic E-state index is 0.418. The first kappa shape index (κ1) is 11.2. The molecule has 3 atom stereocenters. The monoisotopic (exact) mass is 223 g/mol. The standard InChI is InChI=1S/C11H14NO4/c1-6-4-3-5-12-8(6)9(13)7(2)11(12,16)10(14)15/h3-5,7,9,13,16H,1-2H3,(H,14,15)/p-1/t7-,9+,11?/m0/s1. The third-order valence-electron chi connectivity index (χ3n) is 3.30. The largest absolute Gasteiger partial charge is 0.545 e. The predicted octanol–water partition coefficient (Wildman–Crippen LogP) is -1.26. The third-order valence-corrected chi connectivity index (χ3v) is 3.30. The van der Waals surface area contributed by atoms with Crippen molar-refractivity contribution in [3.05, 3.63) is 30.0 Å². The van der Waals surface area contributed by atoms with Crippen LogP contribution < -0.4 is 5.11 Å². The number of carbonyl (C=O) groups is 1. The second-order valence-electron chi connectivity index (χ2n) is 4.19. The number of carboxylic acids is 1. The number of allylic oxidation sites excluding steroid dienone is 2. The van der Waals surface area contributed by atoms with E-state index in [-0.39, 0.29) is 0 Å². The molecule has 0 aromatic carbocycles. The number of nitrogens with zero attached hydrogens (tertiary/aromatic N) is 1. The molecule has 0 amide bonds. The van der Waals surface area contributed by atoms with Crippen molar-refractivity contribution in [2.75, 3.05) is 0 Å². The molecule has 0 aliphatic carbocycles. The fourth-order valence-electron chi connectivity index (χ4n) is 2.26. The van der Waals surface area contributed by atoms with Gasteiger partial charge in [-0.25, -0.2) is 0 Å². The summed E-state index contributed by atoms with van der Waals surface area (Å²) in [6.07, 6.45) is 2.37. The summed E-state index contributed by atoms with van der Waals surface area (Å²) in [5.41, 5.74) is -1.03. The number of hydrogen-bond acceptors (Lipinski definition) is 5. The molecule has 0 aromatic rings. The van der Waals surface area contributed by atoms with E-state index in [2.05, 4.69) is 0 Å². The van der Waals surface area contributed by atoms with E-state index in [9.17, 15) is 20.1 Å². The Balaban J connectivity index is 2.55. The highest BCUT2D eigenvalue weighted by Gasteiger charge is 2.54. The lowest BCUT2D eigenvalue weighted by molar-refractivity contribution is -0.336. The van der Waals surface area contributed by atoms with Gasteiger partial charge in [0.1, 0.15) is 6.10 Å². The molecule has 0 saturated carbocycles. The molecule has 0 aromatic heterocycles. The Morgan fingerprint density at radius 2 is 2.25 bits per heavy atom. The Labute approximate surface area is 93.3 Å². The first-order valence-corrected chi connectivity index (χ1v) is 5.04. The summed E-state index contributed by atoms with van der Waals surface area (Å²) in [5, 5.41) is 31.1. The van der Waals surface area contributed by atoms with Crippen LogP contribution in [0.1, 0.15) is 13.8 Å². The highest BCUT2D eigenvalue weighted by Crippen LogP contribution is 2.43. The van der Waals surface area contributed by atoms with Gasteiger partial charge in [0.05, 0.1) is 12.5 Å². The minimum atomic E-state index is -2.18. The van der Waals surface area contributed by atoms with Gasteiger partial charge in [-0.2, -0.15) is 0 Å². The second kappa shape index (κ2) is 3.33. The van der Waals surface area contributed by atoms with Crippen LogP contribution in [0.2, 0.25) is 0 Å². The molecule has 1 fully saturated rings. The first-order valence-electron chi connectivity index (χ1n) is 5.04. The molecule has 87 valence electrons. The van der Waals surface area contributed by atoms with Crippen LogP contribution in [0.5, 0.6) is 0 Å². The van der Waals surface area contributed by atoms with E-state index in [4.69, 9.17) is 0 Å². The molecule has 2 heterocycles. The van der Waals surface area contributed by atoms with Crippen LogP contribution in [-0.4, -0.2) is 32.9 Å². The third kappa shape index (κ3) is 1.15. The zero-order valence-electron chi connectivity index (χ0n) is 9.04. The number of aliphatic carboxylic acids is 1. The van der Waals surface area contributed by atoms with Gasteiger partial charge < -0.3 is 25.0 Å². The molecule has 1 saturated heterocycles. The summed E-state index contributed by atoms with van der Waals surface area (Å²) >= 11 is 0. The van der Waals surface area contributed by atoms with Gasteiger partial charge in [-0.1, -0.05) is 19.1 Å².